The Bertz CT molecular complexity index is 373. The molecule has 0 atom stereocenters. The SMILES string of the molecule is C/C=C(/Sc1ccccc1)C(=O)NCCCC. The summed E-state index contributed by atoms with van der Waals surface area (Å²) < 4.78 is 0. The minimum atomic E-state index is 0.0230. The van der Waals surface area contributed by atoms with Gasteiger partial charge in [-0.15, -0.1) is 0 Å². The van der Waals surface area contributed by atoms with E-state index in [-0.39, 0.29) is 5.91 Å². The molecule has 1 aromatic rings. The van der Waals surface area contributed by atoms with Gasteiger partial charge in [0, 0.05) is 11.4 Å². The van der Waals surface area contributed by atoms with E-state index in [4.69, 9.17) is 0 Å². The van der Waals surface area contributed by atoms with Gasteiger partial charge in [0.1, 0.15) is 0 Å². The summed E-state index contributed by atoms with van der Waals surface area (Å²) in [5.41, 5.74) is 0. The topological polar surface area (TPSA) is 29.1 Å². The minimum absolute atomic E-state index is 0.0230. The third-order valence-electron chi connectivity index (χ3n) is 2.27. The van der Waals surface area contributed by atoms with Crippen molar-refractivity contribution in [1.29, 1.82) is 0 Å². The molecule has 0 aliphatic heterocycles. The maximum Gasteiger partial charge on any atom is 0.257 e. The first-order valence-electron chi connectivity index (χ1n) is 5.95. The van der Waals surface area contributed by atoms with Crippen LogP contribution in [0.25, 0.3) is 0 Å². The van der Waals surface area contributed by atoms with Crippen LogP contribution in [0, 0.1) is 0 Å². The van der Waals surface area contributed by atoms with Gasteiger partial charge in [-0.2, -0.15) is 0 Å². The highest BCUT2D eigenvalue weighted by molar-refractivity contribution is 8.04. The molecule has 1 rings (SSSR count). The molecule has 0 radical (unpaired) electrons. The van der Waals surface area contributed by atoms with Crippen molar-refractivity contribution in [3.63, 3.8) is 0 Å². The van der Waals surface area contributed by atoms with Crippen molar-refractivity contribution < 1.29 is 4.79 Å². The molecule has 3 heteroatoms. The maximum atomic E-state index is 11.9. The van der Waals surface area contributed by atoms with Crippen LogP contribution in [0.15, 0.2) is 46.2 Å². The van der Waals surface area contributed by atoms with Gasteiger partial charge in [-0.25, -0.2) is 0 Å². The molecule has 92 valence electrons. The Balaban J connectivity index is 2.52. The van der Waals surface area contributed by atoms with Crippen LogP contribution in [0.4, 0.5) is 0 Å². The summed E-state index contributed by atoms with van der Waals surface area (Å²) >= 11 is 1.50. The number of carbonyl (C=O) groups is 1. The Morgan fingerprint density at radius 2 is 2.06 bits per heavy atom. The van der Waals surface area contributed by atoms with Crippen LogP contribution in [0.1, 0.15) is 26.7 Å². The number of unbranched alkanes of at least 4 members (excludes halogenated alkanes) is 1. The molecule has 0 aliphatic rings. The Labute approximate surface area is 107 Å². The zero-order valence-electron chi connectivity index (χ0n) is 10.4. The van der Waals surface area contributed by atoms with Crippen LogP contribution in [0.2, 0.25) is 0 Å². The van der Waals surface area contributed by atoms with E-state index in [0.717, 1.165) is 29.2 Å². The molecular weight excluding hydrogens is 230 g/mol. The smallest absolute Gasteiger partial charge is 0.257 e. The predicted molar refractivity (Wildman–Crippen MR) is 74.0 cm³/mol. The number of amides is 1. The van der Waals surface area contributed by atoms with Crippen LogP contribution in [-0.4, -0.2) is 12.5 Å². The lowest BCUT2D eigenvalue weighted by atomic mass is 10.3. The molecule has 0 fully saturated rings. The summed E-state index contributed by atoms with van der Waals surface area (Å²) in [6.45, 7) is 4.76. The van der Waals surface area contributed by atoms with Gasteiger partial charge in [0.2, 0.25) is 0 Å². The van der Waals surface area contributed by atoms with E-state index in [1.54, 1.807) is 0 Å². The first-order valence-corrected chi connectivity index (χ1v) is 6.77. The molecule has 1 aromatic carbocycles. The van der Waals surface area contributed by atoms with E-state index in [9.17, 15) is 4.79 Å². The molecule has 0 spiro atoms. The quantitative estimate of drug-likeness (QED) is 0.474. The van der Waals surface area contributed by atoms with Crippen molar-refractivity contribution in [2.24, 2.45) is 0 Å². The van der Waals surface area contributed by atoms with E-state index in [1.807, 2.05) is 43.3 Å². The summed E-state index contributed by atoms with van der Waals surface area (Å²) in [5, 5.41) is 2.93. The molecule has 0 aliphatic carbocycles. The monoisotopic (exact) mass is 249 g/mol. The highest BCUT2D eigenvalue weighted by Gasteiger charge is 2.08. The number of allylic oxidation sites excluding steroid dienone is 1. The second-order valence-corrected chi connectivity index (χ2v) is 4.79. The average Bonchev–Trinajstić information content (AvgIpc) is 2.37. The van der Waals surface area contributed by atoms with Crippen molar-refractivity contribution in [2.75, 3.05) is 6.54 Å². The number of benzene rings is 1. The summed E-state index contributed by atoms with van der Waals surface area (Å²) in [5.74, 6) is 0.0230. The van der Waals surface area contributed by atoms with Gasteiger partial charge >= 0.3 is 0 Å². The van der Waals surface area contributed by atoms with Crippen LogP contribution < -0.4 is 5.32 Å². The number of nitrogens with one attached hydrogen (secondary N) is 1. The maximum absolute atomic E-state index is 11.9. The molecule has 0 saturated heterocycles. The first kappa shape index (κ1) is 13.8. The number of rotatable bonds is 6. The number of hydrogen-bond acceptors (Lipinski definition) is 2. The lowest BCUT2D eigenvalue weighted by Gasteiger charge is -2.07. The molecule has 0 bridgehead atoms. The summed E-state index contributed by atoms with van der Waals surface area (Å²) in [7, 11) is 0. The Kier molecular flexibility index (Phi) is 6.48. The van der Waals surface area contributed by atoms with Crippen LogP contribution in [0.3, 0.4) is 0 Å². The zero-order valence-corrected chi connectivity index (χ0v) is 11.2. The Morgan fingerprint density at radius 3 is 2.65 bits per heavy atom. The Hall–Kier alpha value is -1.22. The minimum Gasteiger partial charge on any atom is -0.352 e. The zero-order chi connectivity index (χ0) is 12.5. The standard InChI is InChI=1S/C14H19NOS/c1-3-5-11-15-14(16)13(4-2)17-12-9-7-6-8-10-12/h4,6-10H,3,5,11H2,1-2H3,(H,15,16)/b13-4+. The number of carbonyl (C=O) groups excluding carboxylic acids is 1. The fraction of sp³-hybridized carbons (Fsp3) is 0.357. The predicted octanol–water partition coefficient (Wildman–Crippen LogP) is 3.60. The van der Waals surface area contributed by atoms with Crippen molar-refractivity contribution in [2.45, 2.75) is 31.6 Å². The molecule has 0 saturated carbocycles. The van der Waals surface area contributed by atoms with E-state index >= 15 is 0 Å². The fourth-order valence-corrected chi connectivity index (χ4v) is 2.15. The molecule has 17 heavy (non-hydrogen) atoms. The van der Waals surface area contributed by atoms with Crippen LogP contribution >= 0.6 is 11.8 Å². The van der Waals surface area contributed by atoms with E-state index in [0.29, 0.717) is 0 Å². The average molecular weight is 249 g/mol. The highest BCUT2D eigenvalue weighted by atomic mass is 32.2. The van der Waals surface area contributed by atoms with Crippen molar-refractivity contribution in [1.82, 2.24) is 5.32 Å². The molecule has 1 amide bonds. The van der Waals surface area contributed by atoms with Crippen LogP contribution in [-0.2, 0) is 4.79 Å². The molecule has 0 unspecified atom stereocenters. The summed E-state index contributed by atoms with van der Waals surface area (Å²) in [6.07, 6.45) is 3.98. The van der Waals surface area contributed by atoms with Gasteiger partial charge < -0.3 is 5.32 Å². The van der Waals surface area contributed by atoms with Gasteiger partial charge in [-0.05, 0) is 25.5 Å². The van der Waals surface area contributed by atoms with Gasteiger partial charge in [0.15, 0.2) is 0 Å². The number of thioether (sulfide) groups is 1. The molecule has 1 N–H and O–H groups in total. The Morgan fingerprint density at radius 1 is 1.35 bits per heavy atom. The third-order valence-corrected chi connectivity index (χ3v) is 3.42. The van der Waals surface area contributed by atoms with Gasteiger partial charge in [0.05, 0.1) is 4.91 Å². The van der Waals surface area contributed by atoms with Gasteiger partial charge in [-0.1, -0.05) is 49.4 Å². The largest absolute Gasteiger partial charge is 0.352 e. The van der Waals surface area contributed by atoms with Crippen LogP contribution in [0.5, 0.6) is 0 Å². The fourth-order valence-electron chi connectivity index (χ4n) is 1.32. The second kappa shape index (κ2) is 7.96. The number of hydrogen-bond donors (Lipinski definition) is 1. The van der Waals surface area contributed by atoms with E-state index in [2.05, 4.69) is 12.2 Å². The molecule has 0 aromatic heterocycles. The van der Waals surface area contributed by atoms with Crippen molar-refractivity contribution in [3.05, 3.63) is 41.3 Å². The molecular formula is C14H19NOS. The summed E-state index contributed by atoms with van der Waals surface area (Å²) in [4.78, 5) is 13.7. The van der Waals surface area contributed by atoms with E-state index in [1.165, 1.54) is 11.8 Å². The lowest BCUT2D eigenvalue weighted by molar-refractivity contribution is -0.116. The van der Waals surface area contributed by atoms with Crippen molar-refractivity contribution in [3.8, 4) is 0 Å². The molecule has 2 nitrogen and oxygen atoms in total. The lowest BCUT2D eigenvalue weighted by Crippen LogP contribution is -2.24. The normalized spacial score (nSPS) is 11.3. The first-order chi connectivity index (χ1) is 8.27. The van der Waals surface area contributed by atoms with E-state index < -0.39 is 0 Å². The van der Waals surface area contributed by atoms with Gasteiger partial charge in [-0.3, -0.25) is 4.79 Å². The third kappa shape index (κ3) is 5.09. The summed E-state index contributed by atoms with van der Waals surface area (Å²) in [6, 6.07) is 9.94. The van der Waals surface area contributed by atoms with Crippen molar-refractivity contribution >= 4 is 17.7 Å². The highest BCUT2D eigenvalue weighted by Crippen LogP contribution is 2.25. The second-order valence-electron chi connectivity index (χ2n) is 3.68. The molecule has 0 heterocycles. The van der Waals surface area contributed by atoms with Gasteiger partial charge in [0.25, 0.3) is 5.91 Å².